The molecular formula is C23H28ClN5O. The first-order chi connectivity index (χ1) is 14.2. The quantitative estimate of drug-likeness (QED) is 0.651. The molecule has 0 radical (unpaired) electrons. The highest BCUT2D eigenvalue weighted by Crippen LogP contribution is 2.22. The summed E-state index contributed by atoms with van der Waals surface area (Å²) in [7, 11) is 0. The Balaban J connectivity index is 0.00000256. The smallest absolute Gasteiger partial charge is 0.276 e. The zero-order chi connectivity index (χ0) is 20.2. The highest BCUT2D eigenvalue weighted by atomic mass is 35.5. The Kier molecular flexibility index (Phi) is 7.24. The summed E-state index contributed by atoms with van der Waals surface area (Å²) in [5.41, 5.74) is 4.43. The summed E-state index contributed by atoms with van der Waals surface area (Å²) in [5.74, 6) is -0.0230. The van der Waals surface area contributed by atoms with Gasteiger partial charge in [0.15, 0.2) is 5.69 Å². The molecule has 1 unspecified atom stereocenters. The second-order valence-corrected chi connectivity index (χ2v) is 7.49. The number of carbonyl (C=O) groups is 1. The topological polar surface area (TPSA) is 63.1 Å². The highest BCUT2D eigenvalue weighted by molar-refractivity contribution is 5.93. The third-order valence-electron chi connectivity index (χ3n) is 5.52. The Morgan fingerprint density at radius 2 is 1.83 bits per heavy atom. The number of carbonyl (C=O) groups excluding carboxylic acids is 1. The van der Waals surface area contributed by atoms with Crippen molar-refractivity contribution in [3.63, 3.8) is 0 Å². The fourth-order valence-corrected chi connectivity index (χ4v) is 3.93. The van der Waals surface area contributed by atoms with Crippen LogP contribution in [0.2, 0.25) is 0 Å². The van der Waals surface area contributed by atoms with Crippen molar-refractivity contribution >= 4 is 18.3 Å². The molecule has 1 aliphatic rings. The molecule has 0 aliphatic carbocycles. The minimum atomic E-state index is -0.0230. The Bertz CT molecular complexity index is 965. The average Bonchev–Trinajstić information content (AvgIpc) is 3.42. The first-order valence-electron chi connectivity index (χ1n) is 10.3. The molecule has 3 aromatic rings. The fraction of sp³-hybridized carbons (Fsp3) is 0.348. The number of rotatable bonds is 6. The van der Waals surface area contributed by atoms with Gasteiger partial charge in [-0.15, -0.1) is 17.5 Å². The Morgan fingerprint density at radius 3 is 2.47 bits per heavy atom. The molecule has 2 heterocycles. The van der Waals surface area contributed by atoms with Crippen LogP contribution in [0.25, 0.3) is 16.8 Å². The molecule has 1 atom stereocenters. The van der Waals surface area contributed by atoms with Crippen LogP contribution in [-0.4, -0.2) is 51.5 Å². The largest absolute Gasteiger partial charge is 0.333 e. The van der Waals surface area contributed by atoms with Gasteiger partial charge in [0.1, 0.15) is 0 Å². The number of nitrogens with one attached hydrogen (secondary N) is 1. The van der Waals surface area contributed by atoms with Gasteiger partial charge in [-0.25, -0.2) is 4.68 Å². The third kappa shape index (κ3) is 4.40. The summed E-state index contributed by atoms with van der Waals surface area (Å²) in [5, 5.41) is 11.9. The molecule has 1 saturated heterocycles. The van der Waals surface area contributed by atoms with Crippen LogP contribution in [0.3, 0.4) is 0 Å². The molecule has 2 aromatic carbocycles. The van der Waals surface area contributed by atoms with E-state index in [2.05, 4.69) is 46.8 Å². The van der Waals surface area contributed by atoms with E-state index in [1.807, 2.05) is 42.2 Å². The summed E-state index contributed by atoms with van der Waals surface area (Å²) < 4.78 is 1.75. The normalized spacial score (nSPS) is 15.6. The van der Waals surface area contributed by atoms with E-state index >= 15 is 0 Å². The Labute approximate surface area is 183 Å². The molecular weight excluding hydrogens is 398 g/mol. The summed E-state index contributed by atoms with van der Waals surface area (Å²) >= 11 is 0. The van der Waals surface area contributed by atoms with Crippen LogP contribution in [0.5, 0.6) is 0 Å². The predicted octanol–water partition coefficient (Wildman–Crippen LogP) is 3.88. The standard InChI is InChI=1S/C23H27N5O.ClH/c1-3-15-27(21-13-14-24-16-21)23(29)22-17(2)28(26-25-22)20-11-9-19(10-12-20)18-7-5-4-6-8-18;/h4-12,21,24H,3,13-16H2,1-2H3;1H. The van der Waals surface area contributed by atoms with Crippen molar-refractivity contribution in [2.24, 2.45) is 0 Å². The molecule has 0 saturated carbocycles. The van der Waals surface area contributed by atoms with Gasteiger partial charge in [0, 0.05) is 19.1 Å². The molecule has 1 aliphatic heterocycles. The lowest BCUT2D eigenvalue weighted by Gasteiger charge is -2.27. The highest BCUT2D eigenvalue weighted by Gasteiger charge is 2.29. The second-order valence-electron chi connectivity index (χ2n) is 7.49. The maximum Gasteiger partial charge on any atom is 0.276 e. The number of hydrogen-bond acceptors (Lipinski definition) is 4. The monoisotopic (exact) mass is 425 g/mol. The number of hydrogen-bond donors (Lipinski definition) is 1. The van der Waals surface area contributed by atoms with Crippen molar-refractivity contribution < 1.29 is 4.79 Å². The molecule has 6 nitrogen and oxygen atoms in total. The van der Waals surface area contributed by atoms with Crippen LogP contribution in [0, 0.1) is 6.92 Å². The van der Waals surface area contributed by atoms with Crippen LogP contribution in [0.1, 0.15) is 35.9 Å². The van der Waals surface area contributed by atoms with E-state index in [0.29, 0.717) is 5.69 Å². The van der Waals surface area contributed by atoms with Gasteiger partial charge < -0.3 is 10.2 Å². The summed E-state index contributed by atoms with van der Waals surface area (Å²) in [6.45, 7) is 6.55. The average molecular weight is 426 g/mol. The van der Waals surface area contributed by atoms with E-state index < -0.39 is 0 Å². The van der Waals surface area contributed by atoms with Gasteiger partial charge in [0.25, 0.3) is 5.91 Å². The second kappa shape index (κ2) is 9.87. The lowest BCUT2D eigenvalue weighted by molar-refractivity contribution is 0.0685. The molecule has 4 rings (SSSR count). The fourth-order valence-electron chi connectivity index (χ4n) is 3.93. The van der Waals surface area contributed by atoms with Crippen molar-refractivity contribution in [1.29, 1.82) is 0 Å². The van der Waals surface area contributed by atoms with Crippen molar-refractivity contribution in [2.75, 3.05) is 19.6 Å². The van der Waals surface area contributed by atoms with Gasteiger partial charge in [-0.1, -0.05) is 54.6 Å². The number of aromatic nitrogens is 3. The van der Waals surface area contributed by atoms with E-state index in [-0.39, 0.29) is 24.4 Å². The molecule has 158 valence electrons. The number of nitrogens with zero attached hydrogens (tertiary/aromatic N) is 4. The molecule has 30 heavy (non-hydrogen) atoms. The van der Waals surface area contributed by atoms with Gasteiger partial charge in [-0.05, 0) is 49.6 Å². The van der Waals surface area contributed by atoms with Gasteiger partial charge in [-0.3, -0.25) is 4.79 Å². The lowest BCUT2D eigenvalue weighted by atomic mass is 10.1. The zero-order valence-electron chi connectivity index (χ0n) is 17.4. The van der Waals surface area contributed by atoms with Gasteiger partial charge in [0.2, 0.25) is 0 Å². The van der Waals surface area contributed by atoms with Crippen LogP contribution in [0.15, 0.2) is 54.6 Å². The minimum absolute atomic E-state index is 0. The minimum Gasteiger partial charge on any atom is -0.333 e. The number of halogens is 1. The van der Waals surface area contributed by atoms with Gasteiger partial charge >= 0.3 is 0 Å². The van der Waals surface area contributed by atoms with E-state index in [1.165, 1.54) is 5.56 Å². The molecule has 7 heteroatoms. The maximum atomic E-state index is 13.2. The molecule has 1 N–H and O–H groups in total. The molecule has 0 spiro atoms. The van der Waals surface area contributed by atoms with Crippen LogP contribution in [-0.2, 0) is 0 Å². The van der Waals surface area contributed by atoms with Gasteiger partial charge in [-0.2, -0.15) is 0 Å². The van der Waals surface area contributed by atoms with E-state index in [1.54, 1.807) is 4.68 Å². The Hall–Kier alpha value is -2.70. The van der Waals surface area contributed by atoms with Crippen molar-refractivity contribution in [3.8, 4) is 16.8 Å². The van der Waals surface area contributed by atoms with E-state index in [4.69, 9.17) is 0 Å². The maximum absolute atomic E-state index is 13.2. The SMILES string of the molecule is CCCN(C(=O)c1nnn(-c2ccc(-c3ccccc3)cc2)c1C)C1CCNC1.Cl. The molecule has 0 bridgehead atoms. The van der Waals surface area contributed by atoms with Crippen LogP contribution < -0.4 is 5.32 Å². The number of benzene rings is 2. The van der Waals surface area contributed by atoms with Gasteiger partial charge in [0.05, 0.1) is 11.4 Å². The van der Waals surface area contributed by atoms with Crippen molar-refractivity contribution in [2.45, 2.75) is 32.7 Å². The molecule has 1 aromatic heterocycles. The molecule has 1 amide bonds. The molecule has 1 fully saturated rings. The Morgan fingerprint density at radius 1 is 1.13 bits per heavy atom. The zero-order valence-corrected chi connectivity index (χ0v) is 18.2. The number of amides is 1. The van der Waals surface area contributed by atoms with Crippen molar-refractivity contribution in [3.05, 3.63) is 66.0 Å². The van der Waals surface area contributed by atoms with E-state index in [0.717, 1.165) is 49.4 Å². The van der Waals surface area contributed by atoms with Crippen LogP contribution >= 0.6 is 12.4 Å². The lowest BCUT2D eigenvalue weighted by Crippen LogP contribution is -2.42. The first-order valence-corrected chi connectivity index (χ1v) is 10.3. The van der Waals surface area contributed by atoms with Crippen molar-refractivity contribution in [1.82, 2.24) is 25.2 Å². The first kappa shape index (κ1) is 22.0. The summed E-state index contributed by atoms with van der Waals surface area (Å²) in [4.78, 5) is 15.2. The summed E-state index contributed by atoms with van der Waals surface area (Å²) in [6.07, 6.45) is 1.91. The third-order valence-corrected chi connectivity index (χ3v) is 5.52. The summed E-state index contributed by atoms with van der Waals surface area (Å²) in [6, 6.07) is 18.7. The predicted molar refractivity (Wildman–Crippen MR) is 121 cm³/mol. The van der Waals surface area contributed by atoms with Crippen LogP contribution in [0.4, 0.5) is 0 Å². The van der Waals surface area contributed by atoms with E-state index in [9.17, 15) is 4.79 Å².